The molecule has 67 valence electrons. The lowest BCUT2D eigenvalue weighted by Crippen LogP contribution is -1.81. The average Bonchev–Trinajstić information content (AvgIpc) is 2.45. The molecular formula is C11H17S. The number of rotatable bonds is 5. The van der Waals surface area contributed by atoms with Crippen LogP contribution in [0.25, 0.3) is 0 Å². The van der Waals surface area contributed by atoms with E-state index in [1.54, 1.807) is 0 Å². The van der Waals surface area contributed by atoms with Crippen LogP contribution < -0.4 is 0 Å². The highest BCUT2D eigenvalue weighted by molar-refractivity contribution is 7.10. The van der Waals surface area contributed by atoms with Gasteiger partial charge in [-0.25, -0.2) is 0 Å². The molecule has 0 saturated heterocycles. The van der Waals surface area contributed by atoms with Gasteiger partial charge in [-0.3, -0.25) is 0 Å². The zero-order chi connectivity index (χ0) is 8.81. The van der Waals surface area contributed by atoms with Crippen molar-refractivity contribution in [2.45, 2.75) is 39.0 Å². The van der Waals surface area contributed by atoms with Crippen molar-refractivity contribution in [3.8, 4) is 0 Å². The second-order valence-electron chi connectivity index (χ2n) is 3.23. The summed E-state index contributed by atoms with van der Waals surface area (Å²) in [6.45, 7) is 6.01. The largest absolute Gasteiger partial charge is 0.149 e. The maximum Gasteiger partial charge on any atom is 0.00170 e. The topological polar surface area (TPSA) is 0 Å². The predicted molar refractivity (Wildman–Crippen MR) is 56.6 cm³/mol. The van der Waals surface area contributed by atoms with Crippen LogP contribution in [0, 0.1) is 13.8 Å². The molecule has 0 aromatic carbocycles. The van der Waals surface area contributed by atoms with Crippen molar-refractivity contribution in [1.82, 2.24) is 0 Å². The van der Waals surface area contributed by atoms with Gasteiger partial charge in [-0.15, -0.1) is 11.3 Å². The quantitative estimate of drug-likeness (QED) is 0.602. The fraction of sp³-hybridized carbons (Fsp3) is 0.545. The highest BCUT2D eigenvalue weighted by atomic mass is 32.1. The lowest BCUT2D eigenvalue weighted by atomic mass is 10.1. The second kappa shape index (κ2) is 5.36. The van der Waals surface area contributed by atoms with Crippen molar-refractivity contribution in [3.63, 3.8) is 0 Å². The van der Waals surface area contributed by atoms with Crippen LogP contribution >= 0.6 is 11.3 Å². The molecule has 1 aromatic rings. The molecule has 1 radical (unpaired) electrons. The maximum atomic E-state index is 3.84. The average molecular weight is 181 g/mol. The first-order chi connectivity index (χ1) is 5.83. The number of unbranched alkanes of at least 4 members (excludes halogenated alkanes) is 3. The van der Waals surface area contributed by atoms with E-state index in [1.807, 2.05) is 11.3 Å². The van der Waals surface area contributed by atoms with Crippen LogP contribution in [0.2, 0.25) is 0 Å². The Hall–Kier alpha value is -0.300. The van der Waals surface area contributed by atoms with Gasteiger partial charge in [0, 0.05) is 4.88 Å². The molecule has 1 rings (SSSR count). The summed E-state index contributed by atoms with van der Waals surface area (Å²) in [4.78, 5) is 1.43. The molecule has 0 fully saturated rings. The second-order valence-corrected chi connectivity index (χ2v) is 4.35. The van der Waals surface area contributed by atoms with E-state index in [4.69, 9.17) is 0 Å². The predicted octanol–water partition coefficient (Wildman–Crippen LogP) is 3.99. The first-order valence-corrected chi connectivity index (χ1v) is 5.54. The summed E-state index contributed by atoms with van der Waals surface area (Å²) in [5.41, 5.74) is 1.52. The van der Waals surface area contributed by atoms with Crippen molar-refractivity contribution in [3.05, 3.63) is 28.8 Å². The number of thiophene rings is 1. The van der Waals surface area contributed by atoms with E-state index in [2.05, 4.69) is 25.3 Å². The first kappa shape index (κ1) is 9.79. The van der Waals surface area contributed by atoms with E-state index < -0.39 is 0 Å². The van der Waals surface area contributed by atoms with Gasteiger partial charge in [0.25, 0.3) is 0 Å². The Kier molecular flexibility index (Phi) is 4.37. The molecule has 0 atom stereocenters. The minimum absolute atomic E-state index is 1.09. The summed E-state index contributed by atoms with van der Waals surface area (Å²) < 4.78 is 0. The first-order valence-electron chi connectivity index (χ1n) is 4.66. The van der Waals surface area contributed by atoms with Crippen molar-refractivity contribution in [2.24, 2.45) is 0 Å². The Morgan fingerprint density at radius 1 is 1.33 bits per heavy atom. The highest BCUT2D eigenvalue weighted by Crippen LogP contribution is 2.15. The molecule has 0 aliphatic carbocycles. The number of aryl methyl sites for hydroxylation is 2. The summed E-state index contributed by atoms with van der Waals surface area (Å²) in [5.74, 6) is 0. The molecule has 12 heavy (non-hydrogen) atoms. The molecule has 0 nitrogen and oxygen atoms in total. The van der Waals surface area contributed by atoms with E-state index in [9.17, 15) is 0 Å². The van der Waals surface area contributed by atoms with Crippen LogP contribution in [0.15, 0.2) is 11.4 Å². The molecule has 1 heterocycles. The molecular weight excluding hydrogens is 164 g/mol. The minimum atomic E-state index is 1.09. The maximum absolute atomic E-state index is 3.84. The normalized spacial score (nSPS) is 10.5. The van der Waals surface area contributed by atoms with E-state index in [-0.39, 0.29) is 0 Å². The van der Waals surface area contributed by atoms with Crippen molar-refractivity contribution < 1.29 is 0 Å². The Labute approximate surface area is 79.6 Å². The molecule has 0 saturated carbocycles. The molecule has 1 aromatic heterocycles. The van der Waals surface area contributed by atoms with Gasteiger partial charge in [-0.05, 0) is 36.8 Å². The lowest BCUT2D eigenvalue weighted by molar-refractivity contribution is 0.686. The minimum Gasteiger partial charge on any atom is -0.149 e. The molecule has 0 bridgehead atoms. The molecule has 0 aliphatic heterocycles. The van der Waals surface area contributed by atoms with Crippen LogP contribution in [0.3, 0.4) is 0 Å². The van der Waals surface area contributed by atoms with Crippen LogP contribution in [0.4, 0.5) is 0 Å². The van der Waals surface area contributed by atoms with E-state index in [0.29, 0.717) is 0 Å². The van der Waals surface area contributed by atoms with Crippen LogP contribution in [-0.4, -0.2) is 0 Å². The summed E-state index contributed by atoms with van der Waals surface area (Å²) in [6, 6.07) is 2.30. The van der Waals surface area contributed by atoms with Crippen molar-refractivity contribution in [2.75, 3.05) is 0 Å². The van der Waals surface area contributed by atoms with Crippen molar-refractivity contribution in [1.29, 1.82) is 0 Å². The fourth-order valence-electron chi connectivity index (χ4n) is 1.31. The third kappa shape index (κ3) is 3.40. The Balaban J connectivity index is 2.15. The molecule has 0 unspecified atom stereocenters. The van der Waals surface area contributed by atoms with Gasteiger partial charge in [0.2, 0.25) is 0 Å². The monoisotopic (exact) mass is 181 g/mol. The Morgan fingerprint density at radius 2 is 2.17 bits per heavy atom. The Bertz CT molecular complexity index is 213. The molecule has 0 spiro atoms. The lowest BCUT2D eigenvalue weighted by Gasteiger charge is -1.96. The van der Waals surface area contributed by atoms with E-state index in [1.165, 1.54) is 36.1 Å². The van der Waals surface area contributed by atoms with Gasteiger partial charge in [0.1, 0.15) is 0 Å². The summed E-state index contributed by atoms with van der Waals surface area (Å²) >= 11 is 1.86. The highest BCUT2D eigenvalue weighted by Gasteiger charge is 1.95. The van der Waals surface area contributed by atoms with E-state index in [0.717, 1.165) is 6.42 Å². The molecule has 1 heteroatoms. The van der Waals surface area contributed by atoms with Gasteiger partial charge in [-0.2, -0.15) is 0 Å². The van der Waals surface area contributed by atoms with Gasteiger partial charge < -0.3 is 0 Å². The summed E-state index contributed by atoms with van der Waals surface area (Å²) in [5, 5.41) is 2.28. The fourth-order valence-corrected chi connectivity index (χ4v) is 2.05. The molecule has 0 amide bonds. The number of hydrogen-bond donors (Lipinski definition) is 0. The summed E-state index contributed by atoms with van der Waals surface area (Å²) in [6.07, 6.45) is 6.28. The van der Waals surface area contributed by atoms with Crippen LogP contribution in [0.1, 0.15) is 36.1 Å². The smallest absolute Gasteiger partial charge is 0.00170 e. The Morgan fingerprint density at radius 3 is 2.75 bits per heavy atom. The van der Waals surface area contributed by atoms with Gasteiger partial charge in [0.15, 0.2) is 0 Å². The van der Waals surface area contributed by atoms with Gasteiger partial charge >= 0.3 is 0 Å². The third-order valence-electron chi connectivity index (χ3n) is 2.00. The molecule has 0 N–H and O–H groups in total. The standard InChI is InChI=1S/C11H17S/c1-3-4-5-6-7-11-8-10(2)12-9-11/h8-9H,1,3-7H2,2H3. The van der Waals surface area contributed by atoms with Crippen molar-refractivity contribution >= 4 is 11.3 Å². The third-order valence-corrected chi connectivity index (χ3v) is 2.91. The van der Waals surface area contributed by atoms with Crippen LogP contribution in [0.5, 0.6) is 0 Å². The van der Waals surface area contributed by atoms with Gasteiger partial charge in [0.05, 0.1) is 0 Å². The zero-order valence-corrected chi connectivity index (χ0v) is 8.62. The zero-order valence-electron chi connectivity index (χ0n) is 7.81. The van der Waals surface area contributed by atoms with E-state index >= 15 is 0 Å². The van der Waals surface area contributed by atoms with Gasteiger partial charge in [-0.1, -0.05) is 26.2 Å². The number of hydrogen-bond acceptors (Lipinski definition) is 1. The summed E-state index contributed by atoms with van der Waals surface area (Å²) in [7, 11) is 0. The molecule has 0 aliphatic rings. The SMILES string of the molecule is [CH2]CCCCCc1csc(C)c1. The van der Waals surface area contributed by atoms with Crippen LogP contribution in [-0.2, 0) is 6.42 Å².